The lowest BCUT2D eigenvalue weighted by Crippen LogP contribution is -2.63. The van der Waals surface area contributed by atoms with Crippen molar-refractivity contribution in [3.8, 4) is 11.5 Å². The molecule has 1 N–H and O–H groups in total. The number of hydrogen-bond acceptors (Lipinski definition) is 3. The van der Waals surface area contributed by atoms with Gasteiger partial charge in [-0.3, -0.25) is 4.79 Å². The number of ether oxygens (including phenoxy) is 2. The third-order valence-corrected chi connectivity index (χ3v) is 8.38. The molecule has 1 heterocycles. The highest BCUT2D eigenvalue weighted by Crippen LogP contribution is 2.59. The summed E-state index contributed by atoms with van der Waals surface area (Å²) < 4.78 is 12.3. The lowest BCUT2D eigenvalue weighted by molar-refractivity contribution is -0.188. The van der Waals surface area contributed by atoms with Crippen molar-refractivity contribution in [1.82, 2.24) is 5.32 Å². The number of nitrogens with one attached hydrogen (secondary N) is 1. The van der Waals surface area contributed by atoms with Gasteiger partial charge in [0.2, 0.25) is 5.91 Å². The molecule has 5 aliphatic rings. The largest absolute Gasteiger partial charge is 0.457 e. The number of rotatable bonds is 4. The van der Waals surface area contributed by atoms with Gasteiger partial charge in [-0.15, -0.1) is 0 Å². The maximum Gasteiger partial charge on any atom is 0.232 e. The number of carbonyl (C=O) groups excluding carboxylic acids is 1. The lowest BCUT2D eigenvalue weighted by atomic mass is 9.49. The van der Waals surface area contributed by atoms with Crippen molar-refractivity contribution in [2.75, 3.05) is 13.7 Å². The van der Waals surface area contributed by atoms with Crippen LogP contribution in [0.15, 0.2) is 48.5 Å². The highest BCUT2D eigenvalue weighted by atomic mass is 16.5. The molecule has 4 heteroatoms. The summed E-state index contributed by atoms with van der Waals surface area (Å²) >= 11 is 0. The van der Waals surface area contributed by atoms with Gasteiger partial charge >= 0.3 is 0 Å². The molecule has 1 amide bonds. The van der Waals surface area contributed by atoms with Gasteiger partial charge < -0.3 is 14.8 Å². The first-order valence-electron chi connectivity index (χ1n) is 11.4. The van der Waals surface area contributed by atoms with Crippen molar-refractivity contribution in [2.45, 2.75) is 43.6 Å². The average Bonchev–Trinajstić information content (AvgIpc) is 2.77. The van der Waals surface area contributed by atoms with Crippen LogP contribution < -0.4 is 10.1 Å². The zero-order valence-corrected chi connectivity index (χ0v) is 17.5. The molecule has 7 rings (SSSR count). The molecule has 1 aliphatic heterocycles. The van der Waals surface area contributed by atoms with E-state index in [0.29, 0.717) is 18.4 Å². The second-order valence-corrected chi connectivity index (χ2v) is 9.79. The second kappa shape index (κ2) is 6.84. The predicted octanol–water partition coefficient (Wildman–Crippen LogP) is 4.88. The molecule has 156 valence electrons. The zero-order chi connectivity index (χ0) is 20.3. The Morgan fingerprint density at radius 3 is 2.00 bits per heavy atom. The number of carbonyl (C=O) groups is 1. The predicted molar refractivity (Wildman–Crippen MR) is 115 cm³/mol. The minimum Gasteiger partial charge on any atom is -0.457 e. The Labute approximate surface area is 178 Å². The van der Waals surface area contributed by atoms with Gasteiger partial charge in [-0.1, -0.05) is 36.4 Å². The Kier molecular flexibility index (Phi) is 4.21. The van der Waals surface area contributed by atoms with Crippen molar-refractivity contribution in [3.63, 3.8) is 0 Å². The Morgan fingerprint density at radius 1 is 0.933 bits per heavy atom. The summed E-state index contributed by atoms with van der Waals surface area (Å²) in [6, 6.07) is 15.8. The molecular weight excluding hydrogens is 374 g/mol. The number of fused-ring (bicyclic) bond motifs is 2. The Hall–Kier alpha value is -2.33. The molecule has 2 aromatic carbocycles. The van der Waals surface area contributed by atoms with Crippen LogP contribution in [0.2, 0.25) is 0 Å². The first kappa shape index (κ1) is 18.4. The number of amides is 1. The third-order valence-electron chi connectivity index (χ3n) is 8.38. The van der Waals surface area contributed by atoms with E-state index in [1.54, 1.807) is 0 Å². The van der Waals surface area contributed by atoms with Crippen LogP contribution in [0.3, 0.4) is 0 Å². The first-order valence-corrected chi connectivity index (χ1v) is 11.4. The highest BCUT2D eigenvalue weighted by Gasteiger charge is 2.57. The van der Waals surface area contributed by atoms with Crippen LogP contribution >= 0.6 is 0 Å². The van der Waals surface area contributed by atoms with Crippen molar-refractivity contribution in [2.24, 2.45) is 23.7 Å². The van der Waals surface area contributed by atoms with E-state index >= 15 is 0 Å². The van der Waals surface area contributed by atoms with Crippen LogP contribution in [0.5, 0.6) is 11.5 Å². The Balaban J connectivity index is 1.29. The second-order valence-electron chi connectivity index (χ2n) is 9.79. The maximum absolute atomic E-state index is 13.6. The van der Waals surface area contributed by atoms with Crippen molar-refractivity contribution >= 4 is 5.91 Å². The molecule has 0 saturated heterocycles. The van der Waals surface area contributed by atoms with Crippen LogP contribution in [0.1, 0.15) is 49.1 Å². The van der Waals surface area contributed by atoms with E-state index in [4.69, 9.17) is 9.47 Å². The van der Waals surface area contributed by atoms with Gasteiger partial charge in [0.15, 0.2) is 0 Å². The van der Waals surface area contributed by atoms with E-state index in [-0.39, 0.29) is 17.4 Å². The van der Waals surface area contributed by atoms with Gasteiger partial charge in [0.05, 0.1) is 11.5 Å². The number of benzene rings is 2. The molecule has 2 aromatic rings. The van der Waals surface area contributed by atoms with Gasteiger partial charge in [0.1, 0.15) is 11.5 Å². The number of hydrogen-bond donors (Lipinski definition) is 1. The summed E-state index contributed by atoms with van der Waals surface area (Å²) in [5.74, 6) is 4.14. The van der Waals surface area contributed by atoms with E-state index in [1.165, 1.54) is 32.1 Å². The van der Waals surface area contributed by atoms with Crippen LogP contribution in [0, 0.1) is 23.7 Å². The zero-order valence-electron chi connectivity index (χ0n) is 17.5. The molecule has 0 radical (unpaired) electrons. The summed E-state index contributed by atoms with van der Waals surface area (Å²) in [5, 5.41) is 3.33. The fourth-order valence-corrected chi connectivity index (χ4v) is 7.20. The maximum atomic E-state index is 13.6. The quantitative estimate of drug-likeness (QED) is 0.791. The van der Waals surface area contributed by atoms with Crippen LogP contribution in [-0.4, -0.2) is 25.2 Å². The fraction of sp³-hybridized carbons (Fsp3) is 0.500. The molecule has 30 heavy (non-hydrogen) atoms. The van der Waals surface area contributed by atoms with Crippen molar-refractivity contribution in [1.29, 1.82) is 0 Å². The van der Waals surface area contributed by atoms with Crippen LogP contribution in [-0.2, 0) is 9.53 Å². The first-order chi connectivity index (χ1) is 14.7. The van der Waals surface area contributed by atoms with Crippen LogP contribution in [0.4, 0.5) is 0 Å². The Bertz CT molecular complexity index is 910. The summed E-state index contributed by atoms with van der Waals surface area (Å²) in [6.45, 7) is 0.610. The molecule has 0 aromatic heterocycles. The summed E-state index contributed by atoms with van der Waals surface area (Å²) in [4.78, 5) is 13.6. The van der Waals surface area contributed by atoms with E-state index in [0.717, 1.165) is 34.5 Å². The van der Waals surface area contributed by atoms with Crippen LogP contribution in [0.25, 0.3) is 0 Å². The van der Waals surface area contributed by atoms with E-state index in [2.05, 4.69) is 5.32 Å². The molecule has 4 bridgehead atoms. The minimum atomic E-state index is -0.350. The lowest BCUT2D eigenvalue weighted by Gasteiger charge is -2.60. The van der Waals surface area contributed by atoms with Gasteiger partial charge in [-0.2, -0.15) is 0 Å². The smallest absolute Gasteiger partial charge is 0.232 e. The molecule has 4 fully saturated rings. The molecule has 0 atom stereocenters. The summed E-state index contributed by atoms with van der Waals surface area (Å²) in [5.41, 5.74) is 1.67. The molecule has 4 nitrogen and oxygen atoms in total. The average molecular weight is 404 g/mol. The van der Waals surface area contributed by atoms with Gasteiger partial charge in [-0.25, -0.2) is 0 Å². The number of para-hydroxylation sites is 2. The summed E-state index contributed by atoms with van der Waals surface area (Å²) in [7, 11) is 1.85. The van der Waals surface area contributed by atoms with E-state index in [1.807, 2.05) is 55.6 Å². The molecule has 0 unspecified atom stereocenters. The van der Waals surface area contributed by atoms with Gasteiger partial charge in [0, 0.05) is 24.8 Å². The molecule has 0 spiro atoms. The minimum absolute atomic E-state index is 0.0448. The van der Waals surface area contributed by atoms with E-state index in [9.17, 15) is 4.79 Å². The van der Waals surface area contributed by atoms with Crippen molar-refractivity contribution < 1.29 is 14.3 Å². The SMILES string of the molecule is COC1(CNC(=O)C2c3ccccc3Oc3ccccc32)C2CC3CC(C2)CC1C3. The van der Waals surface area contributed by atoms with Crippen molar-refractivity contribution in [3.05, 3.63) is 59.7 Å². The third kappa shape index (κ3) is 2.66. The highest BCUT2D eigenvalue weighted by molar-refractivity contribution is 5.89. The molecule has 4 aliphatic carbocycles. The molecular formula is C26H29NO3. The van der Waals surface area contributed by atoms with Gasteiger partial charge in [-0.05, 0) is 67.9 Å². The normalized spacial score (nSPS) is 33.5. The fourth-order valence-electron chi connectivity index (χ4n) is 7.20. The number of methoxy groups -OCH3 is 1. The summed E-state index contributed by atoms with van der Waals surface area (Å²) in [6.07, 6.45) is 6.47. The van der Waals surface area contributed by atoms with E-state index < -0.39 is 0 Å². The standard InChI is InChI=1S/C26H29NO3/c1-29-26(18-11-16-10-17(13-18)14-19(26)12-16)15-27-25(28)24-20-6-2-4-8-22(20)30-23-9-5-3-7-21(23)24/h2-9,16-19,24H,10-15H2,1H3,(H,27,28). The molecule has 4 saturated carbocycles. The Morgan fingerprint density at radius 2 is 1.47 bits per heavy atom. The van der Waals surface area contributed by atoms with Gasteiger partial charge in [0.25, 0.3) is 0 Å². The topological polar surface area (TPSA) is 47.6 Å². The monoisotopic (exact) mass is 403 g/mol.